The average Bonchev–Trinajstić information content (AvgIpc) is 2.97. The van der Waals surface area contributed by atoms with Gasteiger partial charge in [-0.1, -0.05) is 33.6 Å². The lowest BCUT2D eigenvalue weighted by atomic mass is 10.2. The normalized spacial score (nSPS) is 10.6. The van der Waals surface area contributed by atoms with Crippen LogP contribution in [0.3, 0.4) is 0 Å². The predicted molar refractivity (Wildman–Crippen MR) is 87.9 cm³/mol. The highest BCUT2D eigenvalue weighted by Gasteiger charge is 2.06. The number of tetrazole rings is 1. The summed E-state index contributed by atoms with van der Waals surface area (Å²) in [5.41, 5.74) is 0.878. The van der Waals surface area contributed by atoms with Gasteiger partial charge in [-0.25, -0.2) is 0 Å². The second-order valence-corrected chi connectivity index (χ2v) is 5.87. The van der Waals surface area contributed by atoms with Crippen LogP contribution in [0.2, 0.25) is 5.02 Å². The Morgan fingerprint density at radius 2 is 1.95 bits per heavy atom. The maximum Gasteiger partial charge on any atom is 0.204 e. The molecule has 0 fully saturated rings. The third-order valence-corrected chi connectivity index (χ3v) is 3.66. The molecule has 22 heavy (non-hydrogen) atoms. The number of ether oxygens (including phenoxy) is 1. The van der Waals surface area contributed by atoms with Gasteiger partial charge in [0.05, 0.1) is 6.54 Å². The van der Waals surface area contributed by atoms with Crippen molar-refractivity contribution in [2.45, 2.75) is 6.54 Å². The van der Waals surface area contributed by atoms with Crippen molar-refractivity contribution >= 4 is 27.5 Å². The summed E-state index contributed by atoms with van der Waals surface area (Å²) in [6, 6.07) is 15.0. The zero-order valence-electron chi connectivity index (χ0n) is 11.5. The molecule has 0 spiro atoms. The Hall–Kier alpha value is -1.92. The van der Waals surface area contributed by atoms with Crippen molar-refractivity contribution in [2.24, 2.45) is 0 Å². The molecule has 0 N–H and O–H groups in total. The van der Waals surface area contributed by atoms with E-state index in [2.05, 4.69) is 31.3 Å². The summed E-state index contributed by atoms with van der Waals surface area (Å²) in [5.74, 6) is 1.37. The third-order valence-electron chi connectivity index (χ3n) is 2.91. The van der Waals surface area contributed by atoms with Gasteiger partial charge in [-0.2, -0.15) is 4.80 Å². The number of nitrogens with zero attached hydrogens (tertiary/aromatic N) is 4. The second-order valence-electron chi connectivity index (χ2n) is 4.52. The highest BCUT2D eigenvalue weighted by Crippen LogP contribution is 2.18. The van der Waals surface area contributed by atoms with E-state index in [1.54, 1.807) is 12.1 Å². The topological polar surface area (TPSA) is 52.8 Å². The quantitative estimate of drug-likeness (QED) is 0.676. The summed E-state index contributed by atoms with van der Waals surface area (Å²) in [4.78, 5) is 1.52. The van der Waals surface area contributed by atoms with Crippen LogP contribution < -0.4 is 4.74 Å². The lowest BCUT2D eigenvalue weighted by molar-refractivity contribution is 0.280. The minimum atomic E-state index is 0.465. The molecule has 1 aromatic heterocycles. The van der Waals surface area contributed by atoms with E-state index in [1.807, 2.05) is 36.4 Å². The molecule has 0 aliphatic rings. The van der Waals surface area contributed by atoms with Crippen LogP contribution in [-0.2, 0) is 6.54 Å². The number of rotatable bonds is 5. The van der Waals surface area contributed by atoms with Crippen LogP contribution in [0, 0.1) is 0 Å². The Kier molecular flexibility index (Phi) is 4.70. The van der Waals surface area contributed by atoms with Gasteiger partial charge in [0.2, 0.25) is 5.82 Å². The number of aromatic nitrogens is 4. The van der Waals surface area contributed by atoms with Crippen molar-refractivity contribution in [2.75, 3.05) is 6.61 Å². The fraction of sp³-hybridized carbons (Fsp3) is 0.133. The molecule has 112 valence electrons. The monoisotopic (exact) mass is 378 g/mol. The first kappa shape index (κ1) is 15.0. The molecular formula is C15H12BrClN4O. The van der Waals surface area contributed by atoms with Crippen LogP contribution in [0.25, 0.3) is 11.4 Å². The zero-order valence-corrected chi connectivity index (χ0v) is 13.8. The number of hydrogen-bond acceptors (Lipinski definition) is 4. The molecule has 0 saturated carbocycles. The molecule has 7 heteroatoms. The van der Waals surface area contributed by atoms with Crippen LogP contribution in [0.1, 0.15) is 0 Å². The third kappa shape index (κ3) is 3.84. The molecule has 0 bridgehead atoms. The largest absolute Gasteiger partial charge is 0.492 e. The van der Waals surface area contributed by atoms with Gasteiger partial charge in [-0.3, -0.25) is 0 Å². The molecule has 0 amide bonds. The standard InChI is InChI=1S/C15H12BrClN4O/c16-12-2-1-3-14(10-12)22-9-8-21-19-15(18-20-21)11-4-6-13(17)7-5-11/h1-7,10H,8-9H2. The van der Waals surface area contributed by atoms with Gasteiger partial charge in [-0.15, -0.1) is 10.2 Å². The van der Waals surface area contributed by atoms with E-state index >= 15 is 0 Å². The summed E-state index contributed by atoms with van der Waals surface area (Å²) in [5, 5.41) is 13.0. The van der Waals surface area contributed by atoms with Crippen LogP contribution in [-0.4, -0.2) is 26.8 Å². The number of halogens is 2. The molecule has 0 aliphatic heterocycles. The summed E-state index contributed by atoms with van der Waals surface area (Å²) < 4.78 is 6.63. The SMILES string of the molecule is Clc1ccc(-c2nnn(CCOc3cccc(Br)c3)n2)cc1. The van der Waals surface area contributed by atoms with E-state index in [0.717, 1.165) is 15.8 Å². The van der Waals surface area contributed by atoms with Gasteiger partial charge in [0.1, 0.15) is 12.4 Å². The smallest absolute Gasteiger partial charge is 0.204 e. The van der Waals surface area contributed by atoms with E-state index in [0.29, 0.717) is 24.0 Å². The van der Waals surface area contributed by atoms with Gasteiger partial charge in [0.25, 0.3) is 0 Å². The summed E-state index contributed by atoms with van der Waals surface area (Å²) in [6.07, 6.45) is 0. The first-order valence-electron chi connectivity index (χ1n) is 6.63. The van der Waals surface area contributed by atoms with Gasteiger partial charge in [0.15, 0.2) is 0 Å². The van der Waals surface area contributed by atoms with E-state index in [1.165, 1.54) is 4.80 Å². The van der Waals surface area contributed by atoms with Crippen LogP contribution in [0.4, 0.5) is 0 Å². The van der Waals surface area contributed by atoms with Crippen molar-refractivity contribution in [1.29, 1.82) is 0 Å². The lowest BCUT2D eigenvalue weighted by Gasteiger charge is -2.05. The minimum Gasteiger partial charge on any atom is -0.492 e. The summed E-state index contributed by atoms with van der Waals surface area (Å²) in [6.45, 7) is 0.986. The Morgan fingerprint density at radius 3 is 2.73 bits per heavy atom. The van der Waals surface area contributed by atoms with Crippen molar-refractivity contribution < 1.29 is 4.74 Å². The zero-order chi connectivity index (χ0) is 15.4. The van der Waals surface area contributed by atoms with E-state index in [4.69, 9.17) is 16.3 Å². The fourth-order valence-electron chi connectivity index (χ4n) is 1.85. The number of hydrogen-bond donors (Lipinski definition) is 0. The van der Waals surface area contributed by atoms with E-state index in [9.17, 15) is 0 Å². The molecule has 0 unspecified atom stereocenters. The molecule has 0 atom stereocenters. The van der Waals surface area contributed by atoms with E-state index < -0.39 is 0 Å². The van der Waals surface area contributed by atoms with Gasteiger partial charge in [-0.05, 0) is 47.7 Å². The summed E-state index contributed by atoms with van der Waals surface area (Å²) >= 11 is 9.26. The molecule has 5 nitrogen and oxygen atoms in total. The van der Waals surface area contributed by atoms with Crippen LogP contribution >= 0.6 is 27.5 Å². The highest BCUT2D eigenvalue weighted by molar-refractivity contribution is 9.10. The fourth-order valence-corrected chi connectivity index (χ4v) is 2.36. The molecule has 3 rings (SSSR count). The maximum atomic E-state index is 5.86. The van der Waals surface area contributed by atoms with E-state index in [-0.39, 0.29) is 0 Å². The molecule has 2 aromatic carbocycles. The summed E-state index contributed by atoms with van der Waals surface area (Å²) in [7, 11) is 0. The van der Waals surface area contributed by atoms with Crippen LogP contribution in [0.5, 0.6) is 5.75 Å². The van der Waals surface area contributed by atoms with Crippen molar-refractivity contribution in [3.8, 4) is 17.1 Å². The lowest BCUT2D eigenvalue weighted by Crippen LogP contribution is -2.11. The average molecular weight is 380 g/mol. The maximum absolute atomic E-state index is 5.86. The van der Waals surface area contributed by atoms with Crippen LogP contribution in [0.15, 0.2) is 53.0 Å². The second kappa shape index (κ2) is 6.89. The minimum absolute atomic E-state index is 0.465. The molecule has 3 aromatic rings. The molecular weight excluding hydrogens is 368 g/mol. The molecule has 0 aliphatic carbocycles. The molecule has 0 radical (unpaired) electrons. The predicted octanol–water partition coefficient (Wildman–Crippen LogP) is 3.84. The first-order valence-corrected chi connectivity index (χ1v) is 7.80. The van der Waals surface area contributed by atoms with Gasteiger partial charge in [0, 0.05) is 15.1 Å². The van der Waals surface area contributed by atoms with Crippen molar-refractivity contribution in [1.82, 2.24) is 20.2 Å². The van der Waals surface area contributed by atoms with Gasteiger partial charge < -0.3 is 4.74 Å². The first-order chi connectivity index (χ1) is 10.7. The Labute approximate surface area is 141 Å². The Bertz CT molecular complexity index is 760. The Morgan fingerprint density at radius 1 is 1.14 bits per heavy atom. The Balaban J connectivity index is 1.59. The molecule has 0 saturated heterocycles. The highest BCUT2D eigenvalue weighted by atomic mass is 79.9. The molecule has 1 heterocycles. The number of benzene rings is 2. The van der Waals surface area contributed by atoms with Gasteiger partial charge >= 0.3 is 0 Å². The van der Waals surface area contributed by atoms with Crippen molar-refractivity contribution in [3.63, 3.8) is 0 Å². The van der Waals surface area contributed by atoms with Crippen molar-refractivity contribution in [3.05, 3.63) is 58.0 Å².